The molecule has 2 unspecified atom stereocenters. The molecule has 1 N–H and O–H groups in total. The normalized spacial score (nSPS) is 22.9. The van der Waals surface area contributed by atoms with Gasteiger partial charge in [-0.05, 0) is 18.3 Å². The quantitative estimate of drug-likeness (QED) is 0.751. The fraction of sp³-hybridized carbons (Fsp3) is 0.786. The van der Waals surface area contributed by atoms with E-state index in [0.29, 0.717) is 18.4 Å². The van der Waals surface area contributed by atoms with Crippen LogP contribution in [0.4, 0.5) is 0 Å². The molecule has 19 heavy (non-hydrogen) atoms. The van der Waals surface area contributed by atoms with Crippen LogP contribution in [0, 0.1) is 17.8 Å². The molecule has 0 bridgehead atoms. The molecule has 1 fully saturated rings. The lowest BCUT2D eigenvalue weighted by molar-refractivity contribution is -0.135. The van der Waals surface area contributed by atoms with Gasteiger partial charge in [-0.25, -0.2) is 0 Å². The standard InChI is InChI=1S/C14H24N2O3/c1-9(2)11-5-12(8-17)16(7-11)13(18)6-15-14(19)10(3)4/h8-12H,5-7H2,1-4H3,(H,15,19). The second-order valence-electron chi connectivity index (χ2n) is 5.86. The Morgan fingerprint density at radius 1 is 1.32 bits per heavy atom. The number of nitrogens with one attached hydrogen (secondary N) is 1. The van der Waals surface area contributed by atoms with Gasteiger partial charge in [0.1, 0.15) is 6.29 Å². The van der Waals surface area contributed by atoms with Crippen LogP contribution >= 0.6 is 0 Å². The fourth-order valence-corrected chi connectivity index (χ4v) is 2.27. The number of nitrogens with zero attached hydrogens (tertiary/aromatic N) is 1. The zero-order valence-electron chi connectivity index (χ0n) is 12.2. The van der Waals surface area contributed by atoms with E-state index in [1.807, 2.05) is 0 Å². The average Bonchev–Trinajstić information content (AvgIpc) is 2.79. The third kappa shape index (κ3) is 4.04. The Labute approximate surface area is 114 Å². The highest BCUT2D eigenvalue weighted by Crippen LogP contribution is 2.27. The largest absolute Gasteiger partial charge is 0.347 e. The molecular weight excluding hydrogens is 244 g/mol. The van der Waals surface area contributed by atoms with Crippen LogP contribution in [0.3, 0.4) is 0 Å². The molecule has 0 aromatic heterocycles. The molecule has 0 aromatic carbocycles. The van der Waals surface area contributed by atoms with Gasteiger partial charge in [0.2, 0.25) is 11.8 Å². The highest BCUT2D eigenvalue weighted by Gasteiger charge is 2.36. The summed E-state index contributed by atoms with van der Waals surface area (Å²) < 4.78 is 0. The zero-order valence-corrected chi connectivity index (χ0v) is 12.2. The van der Waals surface area contributed by atoms with E-state index in [1.54, 1.807) is 18.7 Å². The molecule has 0 radical (unpaired) electrons. The Balaban J connectivity index is 2.55. The monoisotopic (exact) mass is 268 g/mol. The van der Waals surface area contributed by atoms with Crippen molar-refractivity contribution in [2.24, 2.45) is 17.8 Å². The smallest absolute Gasteiger partial charge is 0.242 e. The molecule has 1 saturated heterocycles. The lowest BCUT2D eigenvalue weighted by atomic mass is 9.94. The molecule has 1 rings (SSSR count). The van der Waals surface area contributed by atoms with E-state index in [4.69, 9.17) is 0 Å². The van der Waals surface area contributed by atoms with Gasteiger partial charge in [0.15, 0.2) is 0 Å². The highest BCUT2D eigenvalue weighted by atomic mass is 16.2. The highest BCUT2D eigenvalue weighted by molar-refractivity contribution is 5.87. The summed E-state index contributed by atoms with van der Waals surface area (Å²) in [5.41, 5.74) is 0. The van der Waals surface area contributed by atoms with Crippen molar-refractivity contribution in [2.75, 3.05) is 13.1 Å². The first-order chi connectivity index (χ1) is 8.86. The van der Waals surface area contributed by atoms with Crippen molar-refractivity contribution >= 4 is 18.1 Å². The van der Waals surface area contributed by atoms with Crippen molar-refractivity contribution in [2.45, 2.75) is 40.2 Å². The molecule has 108 valence electrons. The lowest BCUT2D eigenvalue weighted by Crippen LogP contribution is -2.44. The number of aldehydes is 1. The van der Waals surface area contributed by atoms with Gasteiger partial charge < -0.3 is 15.0 Å². The first-order valence-corrected chi connectivity index (χ1v) is 6.89. The SMILES string of the molecule is CC(C)C(=O)NCC(=O)N1CC(C(C)C)CC1C=O. The second kappa shape index (κ2) is 6.68. The Hall–Kier alpha value is -1.39. The minimum atomic E-state index is -0.337. The topological polar surface area (TPSA) is 66.5 Å². The maximum Gasteiger partial charge on any atom is 0.242 e. The van der Waals surface area contributed by atoms with E-state index in [1.165, 1.54) is 0 Å². The molecule has 0 spiro atoms. The van der Waals surface area contributed by atoms with Gasteiger partial charge in [0, 0.05) is 12.5 Å². The number of hydrogen-bond donors (Lipinski definition) is 1. The van der Waals surface area contributed by atoms with E-state index in [-0.39, 0.29) is 30.3 Å². The van der Waals surface area contributed by atoms with Crippen LogP contribution in [-0.2, 0) is 14.4 Å². The molecule has 1 aliphatic heterocycles. The van der Waals surface area contributed by atoms with Crippen molar-refractivity contribution in [1.82, 2.24) is 10.2 Å². The summed E-state index contributed by atoms with van der Waals surface area (Å²) in [5, 5.41) is 2.60. The summed E-state index contributed by atoms with van der Waals surface area (Å²) in [4.78, 5) is 36.1. The maximum absolute atomic E-state index is 12.1. The fourth-order valence-electron chi connectivity index (χ4n) is 2.27. The summed E-state index contributed by atoms with van der Waals surface area (Å²) in [5.74, 6) is 0.354. The minimum absolute atomic E-state index is 0.0217. The van der Waals surface area contributed by atoms with Crippen molar-refractivity contribution in [3.63, 3.8) is 0 Å². The van der Waals surface area contributed by atoms with Crippen LogP contribution in [0.2, 0.25) is 0 Å². The van der Waals surface area contributed by atoms with E-state index in [9.17, 15) is 14.4 Å². The lowest BCUT2D eigenvalue weighted by Gasteiger charge is -2.21. The number of carbonyl (C=O) groups is 3. The average molecular weight is 268 g/mol. The van der Waals surface area contributed by atoms with Gasteiger partial charge in [-0.15, -0.1) is 0 Å². The van der Waals surface area contributed by atoms with E-state index in [0.717, 1.165) is 12.7 Å². The van der Waals surface area contributed by atoms with Gasteiger partial charge in [-0.1, -0.05) is 27.7 Å². The second-order valence-corrected chi connectivity index (χ2v) is 5.86. The van der Waals surface area contributed by atoms with E-state index in [2.05, 4.69) is 19.2 Å². The van der Waals surface area contributed by atoms with E-state index < -0.39 is 0 Å². The van der Waals surface area contributed by atoms with Crippen LogP contribution in [0.1, 0.15) is 34.1 Å². The molecule has 0 aliphatic carbocycles. The van der Waals surface area contributed by atoms with Gasteiger partial charge >= 0.3 is 0 Å². The molecule has 1 heterocycles. The molecule has 5 heteroatoms. The Kier molecular flexibility index (Phi) is 5.51. The summed E-state index contributed by atoms with van der Waals surface area (Å²) in [6, 6.07) is -0.337. The molecular formula is C14H24N2O3. The van der Waals surface area contributed by atoms with Crippen LogP contribution in [0.15, 0.2) is 0 Å². The first-order valence-electron chi connectivity index (χ1n) is 6.89. The maximum atomic E-state index is 12.1. The first kappa shape index (κ1) is 15.7. The number of carbonyl (C=O) groups excluding carboxylic acids is 3. The van der Waals surface area contributed by atoms with Crippen LogP contribution in [-0.4, -0.2) is 42.1 Å². The summed E-state index contributed by atoms with van der Waals surface area (Å²) in [7, 11) is 0. The Morgan fingerprint density at radius 2 is 1.95 bits per heavy atom. The van der Waals surface area contributed by atoms with Crippen molar-refractivity contribution in [3.05, 3.63) is 0 Å². The third-order valence-corrected chi connectivity index (χ3v) is 3.73. The number of rotatable bonds is 5. The molecule has 0 saturated carbocycles. The number of likely N-dealkylation sites (tertiary alicyclic amines) is 1. The zero-order chi connectivity index (χ0) is 14.6. The van der Waals surface area contributed by atoms with Crippen molar-refractivity contribution in [3.8, 4) is 0 Å². The minimum Gasteiger partial charge on any atom is -0.347 e. The van der Waals surface area contributed by atoms with Gasteiger partial charge in [0.25, 0.3) is 0 Å². The molecule has 2 atom stereocenters. The van der Waals surface area contributed by atoms with Crippen molar-refractivity contribution < 1.29 is 14.4 Å². The van der Waals surface area contributed by atoms with Gasteiger partial charge in [0.05, 0.1) is 12.6 Å². The van der Waals surface area contributed by atoms with Crippen LogP contribution in [0.25, 0.3) is 0 Å². The molecule has 1 aliphatic rings. The molecule has 2 amide bonds. The number of hydrogen-bond acceptors (Lipinski definition) is 3. The Morgan fingerprint density at radius 3 is 2.42 bits per heavy atom. The summed E-state index contributed by atoms with van der Waals surface area (Å²) in [6.07, 6.45) is 1.57. The van der Waals surface area contributed by atoms with Crippen LogP contribution in [0.5, 0.6) is 0 Å². The van der Waals surface area contributed by atoms with Gasteiger partial charge in [-0.2, -0.15) is 0 Å². The number of amides is 2. The van der Waals surface area contributed by atoms with Crippen LogP contribution < -0.4 is 5.32 Å². The third-order valence-electron chi connectivity index (χ3n) is 3.73. The summed E-state index contributed by atoms with van der Waals surface area (Å²) >= 11 is 0. The van der Waals surface area contributed by atoms with E-state index >= 15 is 0 Å². The Bertz CT molecular complexity index is 353. The van der Waals surface area contributed by atoms with Crippen molar-refractivity contribution in [1.29, 1.82) is 0 Å². The molecule has 0 aromatic rings. The van der Waals surface area contributed by atoms with Gasteiger partial charge in [-0.3, -0.25) is 9.59 Å². The molecule has 5 nitrogen and oxygen atoms in total. The summed E-state index contributed by atoms with van der Waals surface area (Å²) in [6.45, 7) is 8.34. The predicted octanol–water partition coefficient (Wildman–Crippen LogP) is 0.831. The predicted molar refractivity (Wildman–Crippen MR) is 72.4 cm³/mol.